The molecule has 34 heavy (non-hydrogen) atoms. The van der Waals surface area contributed by atoms with Gasteiger partial charge in [-0.25, -0.2) is 0 Å². The number of hydrogen-bond donors (Lipinski definition) is 2. The molecule has 2 N–H and O–H groups in total. The summed E-state index contributed by atoms with van der Waals surface area (Å²) in [5.41, 5.74) is 5.83. The predicted molar refractivity (Wildman–Crippen MR) is 144 cm³/mol. The Morgan fingerprint density at radius 1 is 0.735 bits per heavy atom. The minimum absolute atomic E-state index is 0.0838. The van der Waals surface area contributed by atoms with Crippen molar-refractivity contribution in [2.24, 2.45) is 21.8 Å². The first kappa shape index (κ1) is 26.0. The van der Waals surface area contributed by atoms with Crippen molar-refractivity contribution in [3.05, 3.63) is 57.6 Å². The quantitative estimate of drug-likeness (QED) is 0.416. The fourth-order valence-corrected chi connectivity index (χ4v) is 4.93. The first-order chi connectivity index (χ1) is 16.1. The molecule has 1 aliphatic carbocycles. The molecule has 0 heterocycles. The summed E-state index contributed by atoms with van der Waals surface area (Å²) in [5.74, 6) is 1.75. The highest BCUT2D eigenvalue weighted by Gasteiger charge is 2.23. The first-order valence-electron chi connectivity index (χ1n) is 12.8. The number of hydrogen-bond acceptors (Lipinski definition) is 4. The number of aromatic hydroxyl groups is 2. The highest BCUT2D eigenvalue weighted by Crippen LogP contribution is 2.28. The molecule has 2 unspecified atom stereocenters. The Balaban J connectivity index is 1.82. The molecule has 1 aliphatic rings. The van der Waals surface area contributed by atoms with Crippen LogP contribution in [0.5, 0.6) is 11.5 Å². The Morgan fingerprint density at radius 3 is 1.47 bits per heavy atom. The van der Waals surface area contributed by atoms with Gasteiger partial charge < -0.3 is 10.2 Å². The number of phenolic OH excluding ortho intramolecular Hbond substituents is 2. The molecule has 3 rings (SSSR count). The van der Waals surface area contributed by atoms with Crippen molar-refractivity contribution in [1.82, 2.24) is 0 Å². The zero-order valence-corrected chi connectivity index (χ0v) is 21.8. The van der Waals surface area contributed by atoms with E-state index < -0.39 is 0 Å². The Morgan fingerprint density at radius 2 is 1.12 bits per heavy atom. The molecule has 2 atom stereocenters. The van der Waals surface area contributed by atoms with E-state index in [-0.39, 0.29) is 12.1 Å². The first-order valence-corrected chi connectivity index (χ1v) is 12.8. The Kier molecular flexibility index (Phi) is 8.93. The average Bonchev–Trinajstić information content (AvgIpc) is 2.76. The van der Waals surface area contributed by atoms with Crippen LogP contribution in [0.3, 0.4) is 0 Å². The molecule has 2 aromatic rings. The van der Waals surface area contributed by atoms with Crippen LogP contribution in [0.1, 0.15) is 86.8 Å². The van der Waals surface area contributed by atoms with Crippen LogP contribution in [0, 0.1) is 25.7 Å². The van der Waals surface area contributed by atoms with Crippen molar-refractivity contribution < 1.29 is 10.2 Å². The molecule has 4 heteroatoms. The molecule has 0 saturated heterocycles. The van der Waals surface area contributed by atoms with Gasteiger partial charge in [-0.2, -0.15) is 0 Å². The lowest BCUT2D eigenvalue weighted by atomic mass is 9.91. The monoisotopic (exact) mass is 462 g/mol. The fraction of sp³-hybridized carbons (Fsp3) is 0.533. The molecule has 0 aliphatic heterocycles. The smallest absolute Gasteiger partial charge is 0.127 e. The Labute approximate surface area is 205 Å². The molecule has 0 aromatic heterocycles. The summed E-state index contributed by atoms with van der Waals surface area (Å²) in [6.07, 6.45) is 9.91. The zero-order valence-electron chi connectivity index (χ0n) is 21.8. The second kappa shape index (κ2) is 11.7. The Bertz CT molecular complexity index is 953. The van der Waals surface area contributed by atoms with Gasteiger partial charge in [0.15, 0.2) is 0 Å². The summed E-state index contributed by atoms with van der Waals surface area (Å²) < 4.78 is 0. The number of aliphatic imine (C=N–C) groups is 2. The zero-order chi connectivity index (χ0) is 24.8. The van der Waals surface area contributed by atoms with Crippen LogP contribution in [0.15, 0.2) is 34.3 Å². The van der Waals surface area contributed by atoms with E-state index in [4.69, 9.17) is 9.98 Å². The summed E-state index contributed by atoms with van der Waals surface area (Å²) in [7, 11) is 0. The van der Waals surface area contributed by atoms with Gasteiger partial charge in [-0.1, -0.05) is 52.7 Å². The van der Waals surface area contributed by atoms with Crippen molar-refractivity contribution in [1.29, 1.82) is 0 Å². The fourth-order valence-electron chi connectivity index (χ4n) is 4.93. The molecule has 0 spiro atoms. The van der Waals surface area contributed by atoms with E-state index in [0.29, 0.717) is 23.3 Å². The van der Waals surface area contributed by atoms with Crippen LogP contribution in [0.4, 0.5) is 0 Å². The van der Waals surface area contributed by atoms with Crippen LogP contribution in [-0.2, 0) is 12.8 Å². The lowest BCUT2D eigenvalue weighted by molar-refractivity contribution is 0.390. The average molecular weight is 463 g/mol. The van der Waals surface area contributed by atoms with E-state index in [1.165, 1.54) is 11.1 Å². The van der Waals surface area contributed by atoms with Gasteiger partial charge >= 0.3 is 0 Å². The van der Waals surface area contributed by atoms with Gasteiger partial charge in [0.05, 0.1) is 12.1 Å². The van der Waals surface area contributed by atoms with Gasteiger partial charge in [-0.05, 0) is 85.8 Å². The molecule has 1 saturated carbocycles. The van der Waals surface area contributed by atoms with E-state index in [1.807, 2.05) is 26.3 Å². The second-order valence-electron chi connectivity index (χ2n) is 10.9. The van der Waals surface area contributed by atoms with Crippen LogP contribution < -0.4 is 0 Å². The lowest BCUT2D eigenvalue weighted by Gasteiger charge is -2.25. The summed E-state index contributed by atoms with van der Waals surface area (Å²) in [6, 6.07) is 8.44. The molecule has 0 amide bonds. The lowest BCUT2D eigenvalue weighted by Crippen LogP contribution is -2.27. The molecular weight excluding hydrogens is 420 g/mol. The van der Waals surface area contributed by atoms with Crippen molar-refractivity contribution in [3.63, 3.8) is 0 Å². The van der Waals surface area contributed by atoms with Gasteiger partial charge in [0.1, 0.15) is 11.5 Å². The van der Waals surface area contributed by atoms with Gasteiger partial charge in [0.25, 0.3) is 0 Å². The largest absolute Gasteiger partial charge is 0.507 e. The van der Waals surface area contributed by atoms with Crippen LogP contribution in [-0.4, -0.2) is 34.7 Å². The van der Waals surface area contributed by atoms with Gasteiger partial charge in [-0.15, -0.1) is 0 Å². The number of aryl methyl sites for hydroxylation is 2. The van der Waals surface area contributed by atoms with E-state index in [0.717, 1.165) is 60.8 Å². The topological polar surface area (TPSA) is 65.2 Å². The molecule has 2 aromatic carbocycles. The van der Waals surface area contributed by atoms with Gasteiger partial charge in [0.2, 0.25) is 0 Å². The van der Waals surface area contributed by atoms with Crippen molar-refractivity contribution in [2.45, 2.75) is 92.2 Å². The maximum atomic E-state index is 10.6. The van der Waals surface area contributed by atoms with Crippen molar-refractivity contribution >= 4 is 12.4 Å². The minimum atomic E-state index is 0.0838. The highest BCUT2D eigenvalue weighted by atomic mass is 16.3. The molecular formula is C30H42N2O2. The Hall–Kier alpha value is -2.62. The van der Waals surface area contributed by atoms with E-state index in [2.05, 4.69) is 52.0 Å². The van der Waals surface area contributed by atoms with Crippen LogP contribution >= 0.6 is 0 Å². The highest BCUT2D eigenvalue weighted by molar-refractivity contribution is 5.85. The predicted octanol–water partition coefficient (Wildman–Crippen LogP) is 6.96. The van der Waals surface area contributed by atoms with Crippen molar-refractivity contribution in [2.75, 3.05) is 0 Å². The molecule has 1 fully saturated rings. The number of rotatable bonds is 8. The van der Waals surface area contributed by atoms with Gasteiger partial charge in [-0.3, -0.25) is 9.98 Å². The number of benzene rings is 2. The number of nitrogens with zero attached hydrogens (tertiary/aromatic N) is 2. The number of phenols is 2. The molecule has 184 valence electrons. The van der Waals surface area contributed by atoms with Gasteiger partial charge in [0, 0.05) is 23.6 Å². The van der Waals surface area contributed by atoms with E-state index in [9.17, 15) is 10.2 Å². The maximum Gasteiger partial charge on any atom is 0.127 e. The second-order valence-corrected chi connectivity index (χ2v) is 10.9. The maximum absolute atomic E-state index is 10.6. The standard InChI is InChI=1S/C30H42N2O2/c1-19(2)11-23-13-21(5)29(33)25(15-23)17-31-27-9-7-8-10-28(27)32-18-26-16-24(12-20(3)4)14-22(6)30(26)34/h13-20,27-28,33-34H,7-12H2,1-6H3. The van der Waals surface area contributed by atoms with Crippen molar-refractivity contribution in [3.8, 4) is 11.5 Å². The summed E-state index contributed by atoms with van der Waals surface area (Å²) in [6.45, 7) is 12.7. The molecule has 4 nitrogen and oxygen atoms in total. The SMILES string of the molecule is Cc1cc(CC(C)C)cc(C=NC2CCCCC2N=Cc2cc(CC(C)C)cc(C)c2O)c1O. The summed E-state index contributed by atoms with van der Waals surface area (Å²) in [4.78, 5) is 9.81. The third-order valence-corrected chi connectivity index (χ3v) is 6.57. The summed E-state index contributed by atoms with van der Waals surface area (Å²) in [5, 5.41) is 21.2. The van der Waals surface area contributed by atoms with Crippen LogP contribution in [0.2, 0.25) is 0 Å². The van der Waals surface area contributed by atoms with E-state index in [1.54, 1.807) is 0 Å². The normalized spacial score (nSPS) is 19.2. The third-order valence-electron chi connectivity index (χ3n) is 6.57. The molecule has 0 radical (unpaired) electrons. The summed E-state index contributed by atoms with van der Waals surface area (Å²) >= 11 is 0. The minimum Gasteiger partial charge on any atom is -0.507 e. The molecule has 0 bridgehead atoms. The van der Waals surface area contributed by atoms with Crippen LogP contribution in [0.25, 0.3) is 0 Å². The van der Waals surface area contributed by atoms with E-state index >= 15 is 0 Å². The third kappa shape index (κ3) is 6.94.